The van der Waals surface area contributed by atoms with E-state index in [0.717, 1.165) is 23.2 Å². The zero-order chi connectivity index (χ0) is 30.0. The second-order valence-electron chi connectivity index (χ2n) is 12.9. The minimum atomic E-state index is -1.10. The van der Waals surface area contributed by atoms with Crippen LogP contribution in [0.3, 0.4) is 0 Å². The third-order valence-electron chi connectivity index (χ3n) is 9.00. The lowest BCUT2D eigenvalue weighted by atomic mass is 9.84. The van der Waals surface area contributed by atoms with Crippen LogP contribution in [0.4, 0.5) is 14.9 Å². The summed E-state index contributed by atoms with van der Waals surface area (Å²) in [6.45, 7) is 8.28. The Morgan fingerprint density at radius 1 is 1.02 bits per heavy atom. The Bertz CT molecular complexity index is 1300. The van der Waals surface area contributed by atoms with Crippen molar-refractivity contribution in [3.63, 3.8) is 0 Å². The van der Waals surface area contributed by atoms with Gasteiger partial charge in [-0.1, -0.05) is 12.1 Å². The lowest BCUT2D eigenvalue weighted by Gasteiger charge is -2.40. The number of halogens is 1. The van der Waals surface area contributed by atoms with Crippen molar-refractivity contribution in [2.24, 2.45) is 5.92 Å². The molecule has 226 valence electrons. The van der Waals surface area contributed by atoms with Gasteiger partial charge in [0.25, 0.3) is 0 Å². The van der Waals surface area contributed by atoms with E-state index in [-0.39, 0.29) is 42.8 Å². The summed E-state index contributed by atoms with van der Waals surface area (Å²) in [5.41, 5.74) is 3.32. The fourth-order valence-electron chi connectivity index (χ4n) is 6.90. The highest BCUT2D eigenvalue weighted by atomic mass is 19.1. The van der Waals surface area contributed by atoms with Gasteiger partial charge in [-0.15, -0.1) is 0 Å². The second kappa shape index (κ2) is 12.4. The van der Waals surface area contributed by atoms with E-state index in [1.165, 1.54) is 0 Å². The standard InChI is InChI=1S/C32H41FN4O5/c1-32(2,3)42-31(41)36-14-9-21(10-15-36)30(40)18-35-13-12-29(26(33)17-35)37-16-11-25-23(5-4-6-28(25)37)24-8-7-22(19-38)34-27(24)20-39/h4-6,21,24,26,29,34H,7-18H2,1-3H3/t24-,26+,29-/m1/s1. The number of rotatable bonds is 5. The van der Waals surface area contributed by atoms with Gasteiger partial charge in [-0.05, 0) is 76.5 Å². The molecule has 3 fully saturated rings. The maximum Gasteiger partial charge on any atom is 0.410 e. The summed E-state index contributed by atoms with van der Waals surface area (Å²) >= 11 is 0. The lowest BCUT2D eigenvalue weighted by Crippen LogP contribution is -2.53. The molecule has 4 aliphatic rings. The van der Waals surface area contributed by atoms with Gasteiger partial charge in [-0.3, -0.25) is 9.69 Å². The van der Waals surface area contributed by atoms with E-state index in [1.807, 2.05) is 55.8 Å². The van der Waals surface area contributed by atoms with Crippen LogP contribution in [0.1, 0.15) is 69.9 Å². The van der Waals surface area contributed by atoms with Crippen LogP contribution in [0.15, 0.2) is 29.6 Å². The molecule has 0 spiro atoms. The molecule has 0 bridgehead atoms. The average molecular weight is 581 g/mol. The summed E-state index contributed by atoms with van der Waals surface area (Å²) in [6, 6.07) is 5.71. The zero-order valence-corrected chi connectivity index (χ0v) is 24.8. The number of ketones is 1. The number of nitrogens with zero attached hydrogens (tertiary/aromatic N) is 3. The van der Waals surface area contributed by atoms with Crippen molar-refractivity contribution < 1.29 is 28.3 Å². The van der Waals surface area contributed by atoms with E-state index in [4.69, 9.17) is 4.74 Å². The second-order valence-corrected chi connectivity index (χ2v) is 12.9. The van der Waals surface area contributed by atoms with E-state index in [9.17, 15) is 19.2 Å². The first kappa shape index (κ1) is 30.0. The molecular formula is C32H41FN4O5. The number of allylic oxidation sites excluding steroid dienone is 2. The van der Waals surface area contributed by atoms with Gasteiger partial charge < -0.3 is 19.9 Å². The Labute approximate surface area is 246 Å². The molecule has 1 aromatic carbocycles. The Morgan fingerprint density at radius 3 is 2.45 bits per heavy atom. The van der Waals surface area contributed by atoms with Gasteiger partial charge in [0.1, 0.15) is 40.8 Å². The van der Waals surface area contributed by atoms with Gasteiger partial charge in [-0.2, -0.15) is 0 Å². The molecule has 0 radical (unpaired) electrons. The topological polar surface area (TPSA) is 99.3 Å². The van der Waals surface area contributed by atoms with E-state index in [1.54, 1.807) is 4.90 Å². The number of carbonyl (C=O) groups excluding carboxylic acids is 4. The number of piperidine rings is 3. The molecule has 4 heterocycles. The fraction of sp³-hybridized carbons (Fsp3) is 0.625. The number of anilines is 1. The maximum absolute atomic E-state index is 15.7. The first-order valence-electron chi connectivity index (χ1n) is 15.1. The summed E-state index contributed by atoms with van der Waals surface area (Å²) in [5, 5.41) is 2.89. The van der Waals surface area contributed by atoms with Crippen LogP contribution < -0.4 is 10.2 Å². The average Bonchev–Trinajstić information content (AvgIpc) is 3.40. The van der Waals surface area contributed by atoms with Gasteiger partial charge in [0.15, 0.2) is 0 Å². The Kier molecular flexibility index (Phi) is 8.88. The first-order chi connectivity index (χ1) is 20.1. The molecule has 0 aromatic heterocycles. The van der Waals surface area contributed by atoms with Crippen LogP contribution in [0, 0.1) is 5.92 Å². The number of amides is 1. The van der Waals surface area contributed by atoms with Crippen molar-refractivity contribution in [2.45, 2.75) is 83.0 Å². The van der Waals surface area contributed by atoms with Crippen molar-refractivity contribution in [3.05, 3.63) is 40.7 Å². The minimum Gasteiger partial charge on any atom is -0.444 e. The monoisotopic (exact) mass is 580 g/mol. The SMILES string of the molecule is CC(C)(C)OC(=O)N1CCC(C(=O)CN2CC[C@@H](N3CCc4c([C@H]5CCC(=C=O)NC5=C=O)cccc43)[C@@H](F)C2)CC1. The smallest absolute Gasteiger partial charge is 0.410 e. The number of alkyl halides is 1. The molecule has 0 saturated carbocycles. The van der Waals surface area contributed by atoms with Crippen LogP contribution in [0.25, 0.3) is 0 Å². The maximum atomic E-state index is 15.7. The summed E-state index contributed by atoms with van der Waals surface area (Å²) in [6.07, 6.45) is 2.28. The highest BCUT2D eigenvalue weighted by Crippen LogP contribution is 2.41. The molecular weight excluding hydrogens is 539 g/mol. The van der Waals surface area contributed by atoms with E-state index >= 15 is 4.39 Å². The highest BCUT2D eigenvalue weighted by molar-refractivity contribution is 5.83. The molecule has 5 rings (SSSR count). The van der Waals surface area contributed by atoms with Crippen molar-refractivity contribution in [1.29, 1.82) is 0 Å². The third kappa shape index (κ3) is 6.46. The zero-order valence-electron chi connectivity index (χ0n) is 24.8. The van der Waals surface area contributed by atoms with Crippen LogP contribution in [0.2, 0.25) is 0 Å². The molecule has 1 aromatic rings. The summed E-state index contributed by atoms with van der Waals surface area (Å²) in [7, 11) is 0. The quantitative estimate of drug-likeness (QED) is 0.528. The van der Waals surface area contributed by atoms with E-state index in [0.29, 0.717) is 69.7 Å². The summed E-state index contributed by atoms with van der Waals surface area (Å²) in [5.74, 6) is 3.64. The predicted molar refractivity (Wildman–Crippen MR) is 156 cm³/mol. The molecule has 42 heavy (non-hydrogen) atoms. The normalized spacial score (nSPS) is 25.4. The number of hydrogen-bond donors (Lipinski definition) is 1. The molecule has 3 saturated heterocycles. The van der Waals surface area contributed by atoms with Gasteiger partial charge in [0.2, 0.25) is 0 Å². The lowest BCUT2D eigenvalue weighted by molar-refractivity contribution is -0.126. The third-order valence-corrected chi connectivity index (χ3v) is 9.00. The van der Waals surface area contributed by atoms with Crippen molar-refractivity contribution in [3.8, 4) is 0 Å². The Morgan fingerprint density at radius 2 is 1.79 bits per heavy atom. The molecule has 3 atom stereocenters. The van der Waals surface area contributed by atoms with Crippen LogP contribution in [-0.2, 0) is 25.5 Å². The van der Waals surface area contributed by atoms with Gasteiger partial charge >= 0.3 is 6.09 Å². The van der Waals surface area contributed by atoms with Crippen molar-refractivity contribution in [2.75, 3.05) is 44.2 Å². The minimum absolute atomic E-state index is 0.119. The largest absolute Gasteiger partial charge is 0.444 e. The number of nitrogens with one attached hydrogen (secondary N) is 1. The Balaban J connectivity index is 1.16. The predicted octanol–water partition coefficient (Wildman–Crippen LogP) is 3.58. The molecule has 10 heteroatoms. The summed E-state index contributed by atoms with van der Waals surface area (Å²) < 4.78 is 21.2. The number of carbonyl (C=O) groups is 2. The number of fused-ring (bicyclic) bond motifs is 1. The van der Waals surface area contributed by atoms with E-state index in [2.05, 4.69) is 10.2 Å². The van der Waals surface area contributed by atoms with Crippen molar-refractivity contribution >= 4 is 29.4 Å². The van der Waals surface area contributed by atoms with Crippen molar-refractivity contribution in [1.82, 2.24) is 15.1 Å². The molecule has 1 N–H and O–H groups in total. The molecule has 0 unspecified atom stereocenters. The number of benzene rings is 1. The number of likely N-dealkylation sites (tertiary alicyclic amines) is 2. The van der Waals surface area contributed by atoms with Gasteiger partial charge in [-0.25, -0.2) is 18.8 Å². The number of Topliss-reactive ketones (excluding diaryl/α,β-unsaturated/α-hetero) is 1. The molecule has 1 amide bonds. The van der Waals surface area contributed by atoms with Crippen LogP contribution in [0.5, 0.6) is 0 Å². The van der Waals surface area contributed by atoms with Gasteiger partial charge in [0, 0.05) is 50.2 Å². The molecule has 9 nitrogen and oxygen atoms in total. The summed E-state index contributed by atoms with van der Waals surface area (Å²) in [4.78, 5) is 54.0. The number of hydrogen-bond acceptors (Lipinski definition) is 8. The Hall–Kier alpha value is -3.45. The molecule has 0 aliphatic carbocycles. The van der Waals surface area contributed by atoms with E-state index < -0.39 is 11.8 Å². The van der Waals surface area contributed by atoms with Crippen LogP contribution >= 0.6 is 0 Å². The highest BCUT2D eigenvalue weighted by Gasteiger charge is 2.39. The molecule has 4 aliphatic heterocycles. The fourth-order valence-corrected chi connectivity index (χ4v) is 6.90. The number of ether oxygens (including phenoxy) is 1. The first-order valence-corrected chi connectivity index (χ1v) is 15.1. The van der Waals surface area contributed by atoms with Gasteiger partial charge in [0.05, 0.1) is 12.6 Å². The van der Waals surface area contributed by atoms with Crippen LogP contribution in [-0.4, -0.2) is 90.6 Å².